The predicted octanol–water partition coefficient (Wildman–Crippen LogP) is 7.08. The Bertz CT molecular complexity index is 967. The number of carbonyl (C=O) groups is 1. The number of amides is 1. The lowest BCUT2D eigenvalue weighted by Gasteiger charge is -2.18. The molecule has 3 nitrogen and oxygen atoms in total. The Hall–Kier alpha value is -1.47. The van der Waals surface area contributed by atoms with Crippen molar-refractivity contribution in [1.29, 1.82) is 0 Å². The van der Waals surface area contributed by atoms with Gasteiger partial charge >= 0.3 is 6.18 Å². The highest BCUT2D eigenvalue weighted by Gasteiger charge is 2.39. The SMILES string of the molecule is O=C(NCc1ncc(C=CC(c2cc(Cl)c(Cl)c(Cl)c2)C(F)(F)F)cc1Cl)C1CC1. The lowest BCUT2D eigenvalue weighted by molar-refractivity contribution is -0.139. The number of benzene rings is 1. The first-order chi connectivity index (χ1) is 14.1. The number of rotatable bonds is 6. The van der Waals surface area contributed by atoms with E-state index in [1.165, 1.54) is 18.3 Å². The van der Waals surface area contributed by atoms with Gasteiger partial charge in [0, 0.05) is 12.1 Å². The van der Waals surface area contributed by atoms with E-state index in [4.69, 9.17) is 46.4 Å². The van der Waals surface area contributed by atoms with E-state index in [1.807, 2.05) is 0 Å². The number of aromatic nitrogens is 1. The zero-order valence-electron chi connectivity index (χ0n) is 15.2. The average molecular weight is 498 g/mol. The van der Waals surface area contributed by atoms with E-state index in [1.54, 1.807) is 0 Å². The summed E-state index contributed by atoms with van der Waals surface area (Å²) in [6.07, 6.45) is 0.789. The predicted molar refractivity (Wildman–Crippen MR) is 113 cm³/mol. The first-order valence-corrected chi connectivity index (χ1v) is 10.4. The van der Waals surface area contributed by atoms with Crippen molar-refractivity contribution in [3.63, 3.8) is 0 Å². The normalized spacial score (nSPS) is 15.4. The van der Waals surface area contributed by atoms with Crippen molar-refractivity contribution < 1.29 is 18.0 Å². The zero-order valence-corrected chi connectivity index (χ0v) is 18.3. The monoisotopic (exact) mass is 496 g/mol. The number of alkyl halides is 3. The van der Waals surface area contributed by atoms with Crippen molar-refractivity contribution >= 4 is 58.4 Å². The van der Waals surface area contributed by atoms with Crippen molar-refractivity contribution in [3.05, 3.63) is 67.4 Å². The molecule has 1 fully saturated rings. The number of pyridine rings is 1. The topological polar surface area (TPSA) is 42.0 Å². The maximum Gasteiger partial charge on any atom is 0.399 e. The lowest BCUT2D eigenvalue weighted by Crippen LogP contribution is -2.24. The molecule has 1 aromatic heterocycles. The van der Waals surface area contributed by atoms with Gasteiger partial charge in [0.15, 0.2) is 0 Å². The van der Waals surface area contributed by atoms with Gasteiger partial charge in [-0.05, 0) is 42.2 Å². The van der Waals surface area contributed by atoms with Crippen LogP contribution >= 0.6 is 46.4 Å². The van der Waals surface area contributed by atoms with Crippen molar-refractivity contribution in [1.82, 2.24) is 10.3 Å². The average Bonchev–Trinajstić information content (AvgIpc) is 3.49. The quantitative estimate of drug-likeness (QED) is 0.433. The standard InChI is InChI=1S/C20H15Cl4F3N2O/c21-14-5-10(8-28-17(14)9-29-19(30)11-2-3-11)1-4-13(20(25,26)27)12-6-15(22)18(24)16(23)7-12/h1,4-8,11,13H,2-3,9H2,(H,29,30). The summed E-state index contributed by atoms with van der Waals surface area (Å²) in [7, 11) is 0. The molecule has 1 aliphatic rings. The Balaban J connectivity index is 1.78. The van der Waals surface area contributed by atoms with E-state index in [0.717, 1.165) is 31.1 Å². The van der Waals surface area contributed by atoms with Gasteiger partial charge in [-0.2, -0.15) is 13.2 Å². The molecule has 10 heteroatoms. The number of hydrogen-bond donors (Lipinski definition) is 1. The fourth-order valence-electron chi connectivity index (χ4n) is 2.73. The van der Waals surface area contributed by atoms with Crippen LogP contribution in [0.4, 0.5) is 13.2 Å². The Labute approximate surface area is 191 Å². The van der Waals surface area contributed by atoms with Gasteiger partial charge in [0.25, 0.3) is 0 Å². The van der Waals surface area contributed by atoms with E-state index < -0.39 is 12.1 Å². The minimum absolute atomic E-state index is 0.00710. The lowest BCUT2D eigenvalue weighted by atomic mass is 9.97. The van der Waals surface area contributed by atoms with Gasteiger partial charge in [0.2, 0.25) is 5.91 Å². The fourth-order valence-corrected chi connectivity index (χ4v) is 3.59. The van der Waals surface area contributed by atoms with Crippen LogP contribution in [0.2, 0.25) is 20.1 Å². The Morgan fingerprint density at radius 3 is 2.30 bits per heavy atom. The van der Waals surface area contributed by atoms with Crippen LogP contribution < -0.4 is 5.32 Å². The van der Waals surface area contributed by atoms with E-state index in [0.29, 0.717) is 11.3 Å². The van der Waals surface area contributed by atoms with Crippen LogP contribution in [-0.2, 0) is 11.3 Å². The van der Waals surface area contributed by atoms with Gasteiger partial charge < -0.3 is 5.32 Å². The first kappa shape index (κ1) is 23.2. The second kappa shape index (κ2) is 9.35. The number of allylic oxidation sites excluding steroid dienone is 1. The van der Waals surface area contributed by atoms with E-state index in [2.05, 4.69) is 10.3 Å². The number of halogens is 7. The van der Waals surface area contributed by atoms with Crippen LogP contribution in [0.3, 0.4) is 0 Å². The molecule has 30 heavy (non-hydrogen) atoms. The molecule has 1 atom stereocenters. The van der Waals surface area contributed by atoms with Gasteiger partial charge in [-0.25, -0.2) is 0 Å². The first-order valence-electron chi connectivity index (χ1n) is 8.87. The number of carbonyl (C=O) groups excluding carboxylic acids is 1. The molecule has 1 aliphatic carbocycles. The van der Waals surface area contributed by atoms with E-state index >= 15 is 0 Å². The molecule has 1 saturated carbocycles. The summed E-state index contributed by atoms with van der Waals surface area (Å²) >= 11 is 23.8. The minimum atomic E-state index is -4.58. The largest absolute Gasteiger partial charge is 0.399 e. The highest BCUT2D eigenvalue weighted by atomic mass is 35.5. The second-order valence-electron chi connectivity index (χ2n) is 6.87. The summed E-state index contributed by atoms with van der Waals surface area (Å²) < 4.78 is 40.8. The van der Waals surface area contributed by atoms with Gasteiger partial charge in [-0.3, -0.25) is 9.78 Å². The molecule has 0 saturated heterocycles. The van der Waals surface area contributed by atoms with Gasteiger partial charge in [0.1, 0.15) is 0 Å². The maximum atomic E-state index is 13.6. The van der Waals surface area contributed by atoms with Crippen molar-refractivity contribution in [2.75, 3.05) is 0 Å². The summed E-state index contributed by atoms with van der Waals surface area (Å²) in [5.41, 5.74) is 0.667. The molecule has 160 valence electrons. The van der Waals surface area contributed by atoms with E-state index in [9.17, 15) is 18.0 Å². The Kier molecular flexibility index (Phi) is 7.23. The summed E-state index contributed by atoms with van der Waals surface area (Å²) in [5.74, 6) is -1.95. The summed E-state index contributed by atoms with van der Waals surface area (Å²) in [6, 6.07) is 3.75. The smallest absolute Gasteiger partial charge is 0.350 e. The van der Waals surface area contributed by atoms with Crippen molar-refractivity contribution in [2.24, 2.45) is 5.92 Å². The highest BCUT2D eigenvalue weighted by molar-refractivity contribution is 6.48. The molecule has 0 bridgehead atoms. The zero-order chi connectivity index (χ0) is 22.1. The molecule has 0 spiro atoms. The van der Waals surface area contributed by atoms with Gasteiger partial charge in [0.05, 0.1) is 38.2 Å². The van der Waals surface area contributed by atoms with Crippen molar-refractivity contribution in [3.8, 4) is 0 Å². The number of nitrogens with one attached hydrogen (secondary N) is 1. The van der Waals surface area contributed by atoms with Gasteiger partial charge in [-0.1, -0.05) is 58.6 Å². The molecule has 3 rings (SSSR count). The highest BCUT2D eigenvalue weighted by Crippen LogP contribution is 2.41. The molecule has 2 aromatic rings. The van der Waals surface area contributed by atoms with Crippen LogP contribution in [-0.4, -0.2) is 17.1 Å². The third-order valence-corrected chi connectivity index (χ3v) is 6.04. The van der Waals surface area contributed by atoms with Crippen LogP contribution in [0.25, 0.3) is 6.08 Å². The third kappa shape index (κ3) is 5.82. The molecule has 1 amide bonds. The maximum absolute atomic E-state index is 13.6. The number of nitrogens with zero attached hydrogens (tertiary/aromatic N) is 1. The second-order valence-corrected chi connectivity index (χ2v) is 8.47. The van der Waals surface area contributed by atoms with Crippen molar-refractivity contribution in [2.45, 2.75) is 31.5 Å². The Morgan fingerprint density at radius 2 is 1.77 bits per heavy atom. The summed E-state index contributed by atoms with van der Waals surface area (Å²) in [6.45, 7) is 0.158. The Morgan fingerprint density at radius 1 is 1.13 bits per heavy atom. The number of hydrogen-bond acceptors (Lipinski definition) is 2. The summed E-state index contributed by atoms with van der Waals surface area (Å²) in [5, 5.41) is 2.85. The van der Waals surface area contributed by atoms with Crippen LogP contribution in [0.5, 0.6) is 0 Å². The molecule has 0 aliphatic heterocycles. The van der Waals surface area contributed by atoms with E-state index in [-0.39, 0.29) is 44.0 Å². The van der Waals surface area contributed by atoms with Crippen LogP contribution in [0.15, 0.2) is 30.5 Å². The molecule has 1 unspecified atom stereocenters. The molecule has 1 heterocycles. The fraction of sp³-hybridized carbons (Fsp3) is 0.300. The van der Waals surface area contributed by atoms with Gasteiger partial charge in [-0.15, -0.1) is 0 Å². The summed E-state index contributed by atoms with van der Waals surface area (Å²) in [4.78, 5) is 15.8. The molecular formula is C20H15Cl4F3N2O. The third-order valence-electron chi connectivity index (χ3n) is 4.52. The molecule has 1 N–H and O–H groups in total. The molecular weight excluding hydrogens is 483 g/mol. The minimum Gasteiger partial charge on any atom is -0.350 e. The van der Waals surface area contributed by atoms with Crippen LogP contribution in [0.1, 0.15) is 35.6 Å². The van der Waals surface area contributed by atoms with Crippen LogP contribution in [0, 0.1) is 5.92 Å². The molecule has 0 radical (unpaired) electrons. The molecule has 1 aromatic carbocycles.